The summed E-state index contributed by atoms with van der Waals surface area (Å²) in [6, 6.07) is 17.5. The number of piperazine rings is 1. The Labute approximate surface area is 241 Å². The number of amides is 1. The van der Waals surface area contributed by atoms with Crippen LogP contribution in [0.15, 0.2) is 71.9 Å². The first-order chi connectivity index (χ1) is 19.4. The first-order valence-electron chi connectivity index (χ1n) is 12.9. The van der Waals surface area contributed by atoms with Gasteiger partial charge in [-0.1, -0.05) is 35.3 Å². The molecule has 2 aliphatic rings. The molecule has 4 aromatic rings. The van der Waals surface area contributed by atoms with Gasteiger partial charge in [-0.3, -0.25) is 9.79 Å². The largest absolute Gasteiger partial charge is 0.336 e. The zero-order chi connectivity index (χ0) is 27.8. The Morgan fingerprint density at radius 2 is 1.93 bits per heavy atom. The molecule has 1 saturated heterocycles. The first kappa shape index (κ1) is 26.4. The molecule has 2 N–H and O–H groups in total. The Morgan fingerprint density at radius 3 is 2.70 bits per heavy atom. The zero-order valence-electron chi connectivity index (χ0n) is 21.6. The summed E-state index contributed by atoms with van der Waals surface area (Å²) in [6.07, 6.45) is 1.71. The highest BCUT2D eigenvalue weighted by Gasteiger charge is 2.25. The van der Waals surface area contributed by atoms with Gasteiger partial charge < -0.3 is 15.5 Å². The summed E-state index contributed by atoms with van der Waals surface area (Å²) in [6.45, 7) is 4.47. The Bertz CT molecular complexity index is 1620. The number of nitrogens with zero attached hydrogens (tertiary/aromatic N) is 4. The van der Waals surface area contributed by atoms with Crippen molar-refractivity contribution < 1.29 is 9.18 Å². The maximum Gasteiger partial charge on any atom is 0.253 e. The van der Waals surface area contributed by atoms with Crippen molar-refractivity contribution in [1.29, 1.82) is 0 Å². The van der Waals surface area contributed by atoms with Crippen molar-refractivity contribution in [1.82, 2.24) is 20.2 Å². The van der Waals surface area contributed by atoms with Crippen LogP contribution >= 0.6 is 23.2 Å². The van der Waals surface area contributed by atoms with Crippen LogP contribution in [0, 0.1) is 5.82 Å². The van der Waals surface area contributed by atoms with Gasteiger partial charge in [0.2, 0.25) is 5.95 Å². The number of halogens is 3. The minimum atomic E-state index is -0.468. The molecule has 2 aliphatic heterocycles. The molecule has 7 nitrogen and oxygen atoms in total. The van der Waals surface area contributed by atoms with Crippen LogP contribution in [0.5, 0.6) is 0 Å². The number of carbonyl (C=O) groups is 1. The number of aliphatic imine (C=N–C) groups is 1. The predicted octanol–water partition coefficient (Wildman–Crippen LogP) is 6.12. The number of nitrogens with one attached hydrogen (secondary N) is 2. The molecule has 1 atom stereocenters. The summed E-state index contributed by atoms with van der Waals surface area (Å²) in [5, 5.41) is 7.33. The summed E-state index contributed by atoms with van der Waals surface area (Å²) in [5.41, 5.74) is 4.82. The van der Waals surface area contributed by atoms with Crippen LogP contribution in [0.1, 0.15) is 34.0 Å². The first-order valence-corrected chi connectivity index (χ1v) is 13.7. The molecule has 1 unspecified atom stereocenters. The van der Waals surface area contributed by atoms with Gasteiger partial charge in [-0.25, -0.2) is 14.4 Å². The van der Waals surface area contributed by atoms with E-state index in [2.05, 4.69) is 22.5 Å². The maximum atomic E-state index is 14.9. The van der Waals surface area contributed by atoms with Crippen LogP contribution in [0.3, 0.4) is 0 Å². The third kappa shape index (κ3) is 5.18. The second-order valence-corrected chi connectivity index (χ2v) is 10.7. The van der Waals surface area contributed by atoms with Gasteiger partial charge in [0.25, 0.3) is 5.91 Å². The predicted molar refractivity (Wildman–Crippen MR) is 156 cm³/mol. The number of carbonyl (C=O) groups excluding carboxylic acids is 1. The molecule has 3 heterocycles. The van der Waals surface area contributed by atoms with Crippen molar-refractivity contribution in [3.05, 3.63) is 105 Å². The van der Waals surface area contributed by atoms with E-state index in [9.17, 15) is 9.18 Å². The van der Waals surface area contributed by atoms with Crippen LogP contribution in [-0.2, 0) is 6.54 Å². The maximum absolute atomic E-state index is 14.9. The average Bonchev–Trinajstić information content (AvgIpc) is 3.10. The number of anilines is 2. The lowest BCUT2D eigenvalue weighted by Crippen LogP contribution is -2.51. The fourth-order valence-corrected chi connectivity index (χ4v) is 5.47. The third-order valence-corrected chi connectivity index (χ3v) is 7.56. The molecule has 40 heavy (non-hydrogen) atoms. The zero-order valence-corrected chi connectivity index (χ0v) is 23.1. The third-order valence-electron chi connectivity index (χ3n) is 7.01. The van der Waals surface area contributed by atoms with Crippen molar-refractivity contribution >= 4 is 46.5 Å². The molecule has 0 saturated carbocycles. The van der Waals surface area contributed by atoms with Gasteiger partial charge in [-0.2, -0.15) is 0 Å². The highest BCUT2D eigenvalue weighted by Crippen LogP contribution is 2.35. The van der Waals surface area contributed by atoms with E-state index in [0.29, 0.717) is 46.6 Å². The summed E-state index contributed by atoms with van der Waals surface area (Å²) in [7, 11) is 0. The summed E-state index contributed by atoms with van der Waals surface area (Å²) in [4.78, 5) is 28.8. The fraction of sp³-hybridized carbons (Fsp3) is 0.200. The van der Waals surface area contributed by atoms with E-state index in [1.807, 2.05) is 23.1 Å². The van der Waals surface area contributed by atoms with Crippen molar-refractivity contribution in [3.8, 4) is 11.3 Å². The van der Waals surface area contributed by atoms with Crippen molar-refractivity contribution in [2.45, 2.75) is 19.5 Å². The number of fused-ring (bicyclic) bond motifs is 3. The van der Waals surface area contributed by atoms with E-state index < -0.39 is 5.82 Å². The van der Waals surface area contributed by atoms with Crippen LogP contribution in [0.4, 0.5) is 16.0 Å². The molecule has 1 fully saturated rings. The van der Waals surface area contributed by atoms with Gasteiger partial charge in [0.05, 0.1) is 28.5 Å². The molecular weight excluding hydrogens is 550 g/mol. The molecule has 3 aromatic carbocycles. The van der Waals surface area contributed by atoms with E-state index in [0.717, 1.165) is 23.4 Å². The minimum absolute atomic E-state index is 0.0159. The summed E-state index contributed by atoms with van der Waals surface area (Å²) < 4.78 is 14.9. The average molecular weight is 575 g/mol. The van der Waals surface area contributed by atoms with Gasteiger partial charge >= 0.3 is 0 Å². The van der Waals surface area contributed by atoms with Gasteiger partial charge in [-0.05, 0) is 55.5 Å². The number of benzene rings is 3. The highest BCUT2D eigenvalue weighted by molar-refractivity contribution is 6.36. The highest BCUT2D eigenvalue weighted by atomic mass is 35.5. The Balaban J connectivity index is 1.30. The number of hydrogen-bond donors (Lipinski definition) is 2. The monoisotopic (exact) mass is 574 g/mol. The molecule has 10 heteroatoms. The summed E-state index contributed by atoms with van der Waals surface area (Å²) in [5.74, 6) is -0.0748. The molecule has 0 spiro atoms. The van der Waals surface area contributed by atoms with E-state index in [-0.39, 0.29) is 29.1 Å². The standard InChI is InChI=1S/C30H25Cl2FN6O/c1-17-16-39(12-11-34-17)29(40)18-5-8-21(9-6-18)37-30-36-15-19-14-35-28(26-24(32)3-2-4-25(26)33)23-13-20(31)7-10-22(23)27(19)38-30/h2-10,13,15,17,34H,11-12,14,16H2,1H3,(H,36,37,38). The lowest BCUT2D eigenvalue weighted by Gasteiger charge is -2.32. The molecule has 1 aromatic heterocycles. The number of rotatable bonds is 4. The Morgan fingerprint density at radius 1 is 1.10 bits per heavy atom. The second kappa shape index (κ2) is 11.0. The lowest BCUT2D eigenvalue weighted by molar-refractivity contribution is 0.0709. The molecule has 0 radical (unpaired) electrons. The molecule has 1 amide bonds. The van der Waals surface area contributed by atoms with Gasteiger partial charge in [0.15, 0.2) is 0 Å². The molecule has 0 bridgehead atoms. The normalized spacial score (nSPS) is 16.4. The molecule has 0 aliphatic carbocycles. The van der Waals surface area contributed by atoms with E-state index in [1.165, 1.54) is 6.07 Å². The van der Waals surface area contributed by atoms with Crippen molar-refractivity contribution in [2.75, 3.05) is 25.0 Å². The SMILES string of the molecule is CC1CN(C(=O)c2ccc(Nc3ncc4c(n3)-c3ccc(Cl)cc3C(c3c(F)cccc3Cl)=NC4)cc2)CCN1. The van der Waals surface area contributed by atoms with Gasteiger partial charge in [0, 0.05) is 64.8 Å². The molecule has 202 valence electrons. The Hall–Kier alpha value is -3.85. The van der Waals surface area contributed by atoms with Crippen LogP contribution in [-0.4, -0.2) is 52.2 Å². The minimum Gasteiger partial charge on any atom is -0.336 e. The van der Waals surface area contributed by atoms with Crippen molar-refractivity contribution in [2.24, 2.45) is 4.99 Å². The van der Waals surface area contributed by atoms with Crippen LogP contribution in [0.2, 0.25) is 10.0 Å². The van der Waals surface area contributed by atoms with Crippen LogP contribution < -0.4 is 10.6 Å². The number of aromatic nitrogens is 2. The quantitative estimate of drug-likeness (QED) is 0.307. The van der Waals surface area contributed by atoms with Gasteiger partial charge in [-0.15, -0.1) is 0 Å². The fourth-order valence-electron chi connectivity index (χ4n) is 5.05. The second-order valence-electron chi connectivity index (χ2n) is 9.83. The van der Waals surface area contributed by atoms with Crippen LogP contribution in [0.25, 0.3) is 11.3 Å². The van der Waals surface area contributed by atoms with Crippen molar-refractivity contribution in [3.63, 3.8) is 0 Å². The Kier molecular flexibility index (Phi) is 7.23. The van der Waals surface area contributed by atoms with E-state index >= 15 is 0 Å². The van der Waals surface area contributed by atoms with E-state index in [1.54, 1.807) is 42.6 Å². The van der Waals surface area contributed by atoms with E-state index in [4.69, 9.17) is 33.2 Å². The van der Waals surface area contributed by atoms with Gasteiger partial charge in [0.1, 0.15) is 5.82 Å². The topological polar surface area (TPSA) is 82.5 Å². The number of hydrogen-bond acceptors (Lipinski definition) is 6. The molecule has 6 rings (SSSR count). The summed E-state index contributed by atoms with van der Waals surface area (Å²) >= 11 is 12.8. The smallest absolute Gasteiger partial charge is 0.253 e. The molecular formula is C30H25Cl2FN6O. The lowest BCUT2D eigenvalue weighted by atomic mass is 9.95.